The van der Waals surface area contributed by atoms with Gasteiger partial charge in [0.2, 0.25) is 5.91 Å². The number of carbonyl (C=O) groups is 2. The molecule has 1 aliphatic carbocycles. The molecule has 1 N–H and O–H groups in total. The highest BCUT2D eigenvalue weighted by Gasteiger charge is 2.36. The third kappa shape index (κ3) is 4.20. The second-order valence-corrected chi connectivity index (χ2v) is 6.03. The number of carboxylic acids is 1. The summed E-state index contributed by atoms with van der Waals surface area (Å²) in [6.07, 6.45) is 6.92. The molecule has 1 atom stereocenters. The third-order valence-corrected chi connectivity index (χ3v) is 4.37. The fourth-order valence-corrected chi connectivity index (χ4v) is 3.02. The summed E-state index contributed by atoms with van der Waals surface area (Å²) >= 11 is 0. The average molecular weight is 282 g/mol. The van der Waals surface area contributed by atoms with Crippen molar-refractivity contribution in [2.45, 2.75) is 64.0 Å². The van der Waals surface area contributed by atoms with Crippen molar-refractivity contribution in [3.8, 4) is 0 Å². The lowest BCUT2D eigenvalue weighted by Gasteiger charge is -2.32. The van der Waals surface area contributed by atoms with Gasteiger partial charge in [0.25, 0.3) is 0 Å². The maximum atomic E-state index is 12.6. The van der Waals surface area contributed by atoms with E-state index in [1.54, 1.807) is 0 Å². The van der Waals surface area contributed by atoms with Gasteiger partial charge >= 0.3 is 5.97 Å². The number of aliphatic carboxylic acids is 1. The summed E-state index contributed by atoms with van der Waals surface area (Å²) in [5, 5.41) is 8.85. The number of nitrogens with zero attached hydrogens (tertiary/aromatic N) is 2. The molecule has 1 saturated heterocycles. The zero-order valence-corrected chi connectivity index (χ0v) is 12.4. The summed E-state index contributed by atoms with van der Waals surface area (Å²) in [4.78, 5) is 27.4. The predicted molar refractivity (Wildman–Crippen MR) is 76.5 cm³/mol. The first-order valence-electron chi connectivity index (χ1n) is 7.86. The zero-order chi connectivity index (χ0) is 14.5. The Balaban J connectivity index is 1.92. The fourth-order valence-electron chi connectivity index (χ4n) is 3.02. The molecule has 1 unspecified atom stereocenters. The summed E-state index contributed by atoms with van der Waals surface area (Å²) in [6, 6.07) is 0.236. The molecular formula is C15H26N2O3. The zero-order valence-electron chi connectivity index (χ0n) is 12.4. The molecule has 0 radical (unpaired) electrons. The molecule has 114 valence electrons. The first-order valence-corrected chi connectivity index (χ1v) is 7.86. The van der Waals surface area contributed by atoms with Gasteiger partial charge in [-0.2, -0.15) is 0 Å². The molecule has 0 aromatic heterocycles. The number of hydrogen-bond donors (Lipinski definition) is 1. The van der Waals surface area contributed by atoms with Crippen LogP contribution in [0.4, 0.5) is 0 Å². The van der Waals surface area contributed by atoms with Gasteiger partial charge in [0.1, 0.15) is 0 Å². The van der Waals surface area contributed by atoms with Gasteiger partial charge in [0, 0.05) is 25.7 Å². The molecule has 1 amide bonds. The summed E-state index contributed by atoms with van der Waals surface area (Å²) in [7, 11) is 0. The van der Waals surface area contributed by atoms with Crippen molar-refractivity contribution in [3.05, 3.63) is 0 Å². The monoisotopic (exact) mass is 282 g/mol. The van der Waals surface area contributed by atoms with E-state index >= 15 is 0 Å². The average Bonchev–Trinajstić information content (AvgIpc) is 3.24. The van der Waals surface area contributed by atoms with E-state index in [0.717, 1.165) is 38.8 Å². The van der Waals surface area contributed by atoms with Crippen LogP contribution >= 0.6 is 0 Å². The smallest absolute Gasteiger partial charge is 0.304 e. The fraction of sp³-hybridized carbons (Fsp3) is 0.867. The molecule has 2 fully saturated rings. The Bertz CT molecular complexity index is 347. The molecule has 0 spiro atoms. The van der Waals surface area contributed by atoms with Gasteiger partial charge in [0.15, 0.2) is 0 Å². The predicted octanol–water partition coefficient (Wildman–Crippen LogP) is 1.72. The van der Waals surface area contributed by atoms with Crippen LogP contribution in [0.5, 0.6) is 0 Å². The van der Waals surface area contributed by atoms with Crippen molar-refractivity contribution < 1.29 is 14.7 Å². The Labute approximate surface area is 120 Å². The van der Waals surface area contributed by atoms with Gasteiger partial charge in [-0.15, -0.1) is 0 Å². The molecule has 0 bridgehead atoms. The molecule has 20 heavy (non-hydrogen) atoms. The minimum atomic E-state index is -0.787. The third-order valence-electron chi connectivity index (χ3n) is 4.37. The van der Waals surface area contributed by atoms with Crippen molar-refractivity contribution in [2.75, 3.05) is 19.6 Å². The Kier molecular flexibility index (Phi) is 5.40. The highest BCUT2D eigenvalue weighted by Crippen LogP contribution is 2.29. The lowest BCUT2D eigenvalue weighted by molar-refractivity contribution is -0.140. The normalized spacial score (nSPS) is 21.6. The van der Waals surface area contributed by atoms with E-state index in [2.05, 4.69) is 4.90 Å². The molecule has 0 aromatic rings. The van der Waals surface area contributed by atoms with E-state index in [9.17, 15) is 9.59 Å². The van der Waals surface area contributed by atoms with Crippen LogP contribution in [0.1, 0.15) is 51.9 Å². The van der Waals surface area contributed by atoms with Crippen molar-refractivity contribution in [3.63, 3.8) is 0 Å². The lowest BCUT2D eigenvalue weighted by atomic mass is 10.2. The highest BCUT2D eigenvalue weighted by atomic mass is 16.4. The molecular weight excluding hydrogens is 256 g/mol. The number of hydrogen-bond acceptors (Lipinski definition) is 3. The Hall–Kier alpha value is -1.10. The minimum absolute atomic E-state index is 0.119. The SMILES string of the molecule is CC(C(=O)N1CCCCCC1)N(CCC(=O)O)C1CC1. The van der Waals surface area contributed by atoms with Crippen molar-refractivity contribution in [2.24, 2.45) is 0 Å². The first kappa shape index (κ1) is 15.3. The van der Waals surface area contributed by atoms with Gasteiger partial charge in [-0.3, -0.25) is 14.5 Å². The van der Waals surface area contributed by atoms with Gasteiger partial charge in [-0.25, -0.2) is 0 Å². The quantitative estimate of drug-likeness (QED) is 0.806. The number of carboxylic acid groups (broad SMARTS) is 1. The maximum Gasteiger partial charge on any atom is 0.304 e. The van der Waals surface area contributed by atoms with Crippen LogP contribution in [0.3, 0.4) is 0 Å². The van der Waals surface area contributed by atoms with Crippen LogP contribution in [0.15, 0.2) is 0 Å². The van der Waals surface area contributed by atoms with Crippen LogP contribution in [0.25, 0.3) is 0 Å². The first-order chi connectivity index (χ1) is 9.59. The molecule has 5 nitrogen and oxygen atoms in total. The van der Waals surface area contributed by atoms with Gasteiger partial charge in [-0.05, 0) is 32.6 Å². The molecule has 1 heterocycles. The van der Waals surface area contributed by atoms with E-state index in [1.165, 1.54) is 12.8 Å². The number of amides is 1. The minimum Gasteiger partial charge on any atom is -0.481 e. The lowest BCUT2D eigenvalue weighted by Crippen LogP contribution is -2.49. The van der Waals surface area contributed by atoms with Crippen molar-refractivity contribution in [1.29, 1.82) is 0 Å². The maximum absolute atomic E-state index is 12.6. The number of rotatable bonds is 6. The van der Waals surface area contributed by atoms with Gasteiger partial charge < -0.3 is 10.0 Å². The van der Waals surface area contributed by atoms with Crippen LogP contribution in [0, 0.1) is 0 Å². The summed E-state index contributed by atoms with van der Waals surface area (Å²) < 4.78 is 0. The van der Waals surface area contributed by atoms with Gasteiger partial charge in [0.05, 0.1) is 12.5 Å². The topological polar surface area (TPSA) is 60.9 Å². The van der Waals surface area contributed by atoms with Crippen molar-refractivity contribution >= 4 is 11.9 Å². The highest BCUT2D eigenvalue weighted by molar-refractivity contribution is 5.81. The summed E-state index contributed by atoms with van der Waals surface area (Å²) in [6.45, 7) is 4.15. The second kappa shape index (κ2) is 7.07. The van der Waals surface area contributed by atoms with E-state index in [4.69, 9.17) is 5.11 Å². The summed E-state index contributed by atoms with van der Waals surface area (Å²) in [5.41, 5.74) is 0. The Morgan fingerprint density at radius 2 is 1.80 bits per heavy atom. The molecule has 1 saturated carbocycles. The van der Waals surface area contributed by atoms with E-state index in [0.29, 0.717) is 12.6 Å². The Morgan fingerprint density at radius 3 is 2.30 bits per heavy atom. The van der Waals surface area contributed by atoms with Crippen LogP contribution in [0.2, 0.25) is 0 Å². The molecule has 2 aliphatic rings. The van der Waals surface area contributed by atoms with Crippen LogP contribution in [-0.4, -0.2) is 58.5 Å². The molecule has 1 aliphatic heterocycles. The van der Waals surface area contributed by atoms with Crippen LogP contribution < -0.4 is 0 Å². The molecule has 0 aromatic carbocycles. The largest absolute Gasteiger partial charge is 0.481 e. The van der Waals surface area contributed by atoms with E-state index < -0.39 is 5.97 Å². The van der Waals surface area contributed by atoms with Crippen LogP contribution in [-0.2, 0) is 9.59 Å². The van der Waals surface area contributed by atoms with E-state index in [1.807, 2.05) is 11.8 Å². The number of carbonyl (C=O) groups excluding carboxylic acids is 1. The second-order valence-electron chi connectivity index (χ2n) is 6.03. The summed E-state index contributed by atoms with van der Waals surface area (Å²) in [5.74, 6) is -0.603. The standard InChI is InChI=1S/C15H26N2O3/c1-12(15(20)16-9-4-2-3-5-10-16)17(13-6-7-13)11-8-14(18)19/h12-13H,2-11H2,1H3,(H,18,19). The van der Waals surface area contributed by atoms with Crippen molar-refractivity contribution in [1.82, 2.24) is 9.80 Å². The van der Waals surface area contributed by atoms with E-state index in [-0.39, 0.29) is 18.4 Å². The van der Waals surface area contributed by atoms with Gasteiger partial charge in [-0.1, -0.05) is 12.8 Å². The number of likely N-dealkylation sites (tertiary alicyclic amines) is 1. The Morgan fingerprint density at radius 1 is 1.20 bits per heavy atom. The molecule has 2 rings (SSSR count). The molecule has 5 heteroatoms.